The number of rotatable bonds is 17. The molecular weight excluding hydrogens is 460 g/mol. The maximum atomic E-state index is 10.8. The maximum absolute atomic E-state index is 10.8. The molecule has 1 aliphatic heterocycles. The van der Waals surface area contributed by atoms with Gasteiger partial charge in [-0.25, -0.2) is 0 Å². The number of carboxylic acid groups (broad SMARTS) is 1. The van der Waals surface area contributed by atoms with E-state index in [0.29, 0.717) is 13.0 Å². The van der Waals surface area contributed by atoms with E-state index in [4.69, 9.17) is 14.6 Å². The minimum absolute atomic E-state index is 0.106. The van der Waals surface area contributed by atoms with Gasteiger partial charge < -0.3 is 14.6 Å². The van der Waals surface area contributed by atoms with E-state index in [1.165, 1.54) is 56.9 Å². The van der Waals surface area contributed by atoms with Crippen molar-refractivity contribution in [2.75, 3.05) is 6.61 Å². The van der Waals surface area contributed by atoms with Crippen molar-refractivity contribution in [3.63, 3.8) is 0 Å². The summed E-state index contributed by atoms with van der Waals surface area (Å²) in [7, 11) is 0. The molecule has 0 spiro atoms. The summed E-state index contributed by atoms with van der Waals surface area (Å²) < 4.78 is 12.8. The lowest BCUT2D eigenvalue weighted by molar-refractivity contribution is -0.137. The number of hydrogen-bond acceptors (Lipinski definition) is 3. The molecule has 212 valence electrons. The van der Waals surface area contributed by atoms with E-state index in [-0.39, 0.29) is 12.0 Å². The van der Waals surface area contributed by atoms with Gasteiger partial charge in [0.15, 0.2) is 0 Å². The van der Waals surface area contributed by atoms with E-state index in [1.54, 1.807) is 0 Å². The van der Waals surface area contributed by atoms with Gasteiger partial charge in [0.2, 0.25) is 0 Å². The molecule has 0 fully saturated rings. The molecule has 2 rings (SSSR count). The second-order valence-corrected chi connectivity index (χ2v) is 12.8. The second-order valence-electron chi connectivity index (χ2n) is 12.8. The lowest BCUT2D eigenvalue weighted by Crippen LogP contribution is -2.37. The Morgan fingerprint density at radius 2 is 1.49 bits per heavy atom. The molecule has 1 aliphatic rings. The van der Waals surface area contributed by atoms with Gasteiger partial charge in [-0.05, 0) is 94.2 Å². The van der Waals surface area contributed by atoms with E-state index in [0.717, 1.165) is 65.2 Å². The monoisotopic (exact) mass is 516 g/mol. The van der Waals surface area contributed by atoms with Crippen molar-refractivity contribution >= 4 is 5.97 Å². The predicted octanol–water partition coefficient (Wildman–Crippen LogP) is 9.38. The Bertz CT molecular complexity index is 859. The third-order valence-electron chi connectivity index (χ3n) is 8.62. The van der Waals surface area contributed by atoms with E-state index < -0.39 is 5.97 Å². The zero-order chi connectivity index (χ0) is 27.6. The van der Waals surface area contributed by atoms with E-state index in [1.807, 2.05) is 0 Å². The molecule has 0 bridgehead atoms. The van der Waals surface area contributed by atoms with E-state index in [9.17, 15) is 4.79 Å². The number of fused-ring (bicyclic) bond motifs is 1. The number of aliphatic carboxylic acids is 1. The van der Waals surface area contributed by atoms with Gasteiger partial charge in [0.1, 0.15) is 17.1 Å². The van der Waals surface area contributed by atoms with Crippen LogP contribution in [0.1, 0.15) is 134 Å². The summed E-state index contributed by atoms with van der Waals surface area (Å²) >= 11 is 0. The molecule has 0 aliphatic carbocycles. The van der Waals surface area contributed by atoms with Gasteiger partial charge in [-0.2, -0.15) is 0 Å². The number of hydrogen-bond donors (Lipinski definition) is 1. The van der Waals surface area contributed by atoms with Crippen molar-refractivity contribution in [2.24, 2.45) is 17.8 Å². The van der Waals surface area contributed by atoms with Crippen molar-refractivity contribution < 1.29 is 19.4 Å². The summed E-state index contributed by atoms with van der Waals surface area (Å²) in [5, 5.41) is 8.89. The van der Waals surface area contributed by atoms with Gasteiger partial charge in [-0.3, -0.25) is 4.79 Å². The van der Waals surface area contributed by atoms with Crippen LogP contribution in [-0.4, -0.2) is 23.3 Å². The topological polar surface area (TPSA) is 55.8 Å². The lowest BCUT2D eigenvalue weighted by atomic mass is 9.83. The molecule has 3 atom stereocenters. The predicted molar refractivity (Wildman–Crippen MR) is 155 cm³/mol. The highest BCUT2D eigenvalue weighted by Crippen LogP contribution is 2.45. The highest BCUT2D eigenvalue weighted by molar-refractivity contribution is 5.66. The van der Waals surface area contributed by atoms with Crippen molar-refractivity contribution in [1.82, 2.24) is 0 Å². The SMILES string of the molecule is Cc1c(C)c2c(c(C)c1OCCCC(=O)O)CC[C@@](C)(CCC[C@@H](C)CCC[C@@H](C)CCCC(C)C)O2. The van der Waals surface area contributed by atoms with Crippen LogP contribution in [0.2, 0.25) is 0 Å². The Labute approximate surface area is 227 Å². The van der Waals surface area contributed by atoms with Gasteiger partial charge >= 0.3 is 5.97 Å². The fourth-order valence-corrected chi connectivity index (χ4v) is 5.87. The number of benzene rings is 1. The Balaban J connectivity index is 1.82. The first-order valence-corrected chi connectivity index (χ1v) is 15.1. The number of carboxylic acids is 1. The molecule has 1 aromatic rings. The summed E-state index contributed by atoms with van der Waals surface area (Å²) in [6, 6.07) is 0. The summed E-state index contributed by atoms with van der Waals surface area (Å²) in [5.74, 6) is 3.68. The maximum Gasteiger partial charge on any atom is 0.303 e. The van der Waals surface area contributed by atoms with Crippen molar-refractivity contribution in [1.29, 1.82) is 0 Å². The lowest BCUT2D eigenvalue weighted by Gasteiger charge is -2.38. The quantitative estimate of drug-likeness (QED) is 0.210. The Morgan fingerprint density at radius 3 is 2.08 bits per heavy atom. The van der Waals surface area contributed by atoms with E-state index >= 15 is 0 Å². The third-order valence-corrected chi connectivity index (χ3v) is 8.62. The molecule has 0 saturated carbocycles. The molecule has 0 saturated heterocycles. The summed E-state index contributed by atoms with van der Waals surface area (Å²) in [5.41, 5.74) is 4.59. The standard InChI is InChI=1S/C33H56O4/c1-23(2)13-9-14-24(3)15-10-16-25(4)17-11-20-33(8)21-19-29-28(7)31(36-22-12-18-30(34)35)26(5)27(6)32(29)37-33/h23-25H,9-22H2,1-8H3,(H,34,35)/t24-,25-,33+/m0/s1. The smallest absolute Gasteiger partial charge is 0.303 e. The first kappa shape index (κ1) is 31.5. The zero-order valence-corrected chi connectivity index (χ0v) is 25.3. The summed E-state index contributed by atoms with van der Waals surface area (Å²) in [6.07, 6.45) is 14.5. The average Bonchev–Trinajstić information content (AvgIpc) is 2.81. The van der Waals surface area contributed by atoms with Crippen molar-refractivity contribution in [3.05, 3.63) is 22.3 Å². The largest absolute Gasteiger partial charge is 0.493 e. The minimum Gasteiger partial charge on any atom is -0.493 e. The molecule has 1 heterocycles. The Hall–Kier alpha value is -1.71. The molecule has 4 heteroatoms. The molecule has 1 aromatic carbocycles. The van der Waals surface area contributed by atoms with Crippen LogP contribution in [0.4, 0.5) is 0 Å². The average molecular weight is 517 g/mol. The van der Waals surface area contributed by atoms with Crippen LogP contribution in [0.15, 0.2) is 0 Å². The Morgan fingerprint density at radius 1 is 0.892 bits per heavy atom. The molecule has 4 nitrogen and oxygen atoms in total. The molecule has 0 unspecified atom stereocenters. The third kappa shape index (κ3) is 10.2. The first-order chi connectivity index (χ1) is 17.4. The number of ether oxygens (including phenoxy) is 2. The summed E-state index contributed by atoms with van der Waals surface area (Å²) in [4.78, 5) is 10.8. The normalized spacial score (nSPS) is 18.8. The molecule has 0 radical (unpaired) electrons. The van der Waals surface area contributed by atoms with Crippen LogP contribution in [0.5, 0.6) is 11.5 Å². The first-order valence-electron chi connectivity index (χ1n) is 15.1. The second kappa shape index (κ2) is 15.0. The molecule has 0 amide bonds. The van der Waals surface area contributed by atoms with Gasteiger partial charge in [0.25, 0.3) is 0 Å². The number of carbonyl (C=O) groups is 1. The molecule has 0 aromatic heterocycles. The molecule has 37 heavy (non-hydrogen) atoms. The summed E-state index contributed by atoms with van der Waals surface area (Å²) in [6.45, 7) is 18.6. The van der Waals surface area contributed by atoms with Gasteiger partial charge in [0, 0.05) is 12.0 Å². The highest BCUT2D eigenvalue weighted by atomic mass is 16.5. The van der Waals surface area contributed by atoms with E-state index in [2.05, 4.69) is 55.4 Å². The van der Waals surface area contributed by atoms with Crippen LogP contribution in [-0.2, 0) is 11.2 Å². The fraction of sp³-hybridized carbons (Fsp3) is 0.788. The minimum atomic E-state index is -0.775. The fourth-order valence-electron chi connectivity index (χ4n) is 5.87. The highest BCUT2D eigenvalue weighted by Gasteiger charge is 2.34. The van der Waals surface area contributed by atoms with Gasteiger partial charge in [0.05, 0.1) is 6.61 Å². The van der Waals surface area contributed by atoms with Crippen molar-refractivity contribution in [2.45, 2.75) is 144 Å². The van der Waals surface area contributed by atoms with Crippen LogP contribution in [0, 0.1) is 38.5 Å². The van der Waals surface area contributed by atoms with Gasteiger partial charge in [-0.15, -0.1) is 0 Å². The van der Waals surface area contributed by atoms with Crippen LogP contribution < -0.4 is 9.47 Å². The zero-order valence-electron chi connectivity index (χ0n) is 25.3. The Kier molecular flexibility index (Phi) is 12.8. The van der Waals surface area contributed by atoms with Crippen LogP contribution in [0.25, 0.3) is 0 Å². The van der Waals surface area contributed by atoms with Crippen LogP contribution in [0.3, 0.4) is 0 Å². The van der Waals surface area contributed by atoms with Gasteiger partial charge in [-0.1, -0.05) is 72.6 Å². The van der Waals surface area contributed by atoms with Crippen LogP contribution >= 0.6 is 0 Å². The van der Waals surface area contributed by atoms with Crippen molar-refractivity contribution in [3.8, 4) is 11.5 Å². The molecular formula is C33H56O4. The molecule has 1 N–H and O–H groups in total.